The van der Waals surface area contributed by atoms with Crippen LogP contribution in [-0.4, -0.2) is 76.0 Å². The van der Waals surface area contributed by atoms with Crippen LogP contribution in [0.4, 0.5) is 4.79 Å². The van der Waals surface area contributed by atoms with E-state index >= 15 is 0 Å². The van der Waals surface area contributed by atoms with Gasteiger partial charge in [0, 0.05) is 23.3 Å². The van der Waals surface area contributed by atoms with Gasteiger partial charge in [-0.2, -0.15) is 0 Å². The number of imide groups is 1. The van der Waals surface area contributed by atoms with Gasteiger partial charge in [0.2, 0.25) is 5.91 Å². The Morgan fingerprint density at radius 1 is 1.17 bits per heavy atom. The van der Waals surface area contributed by atoms with Gasteiger partial charge in [0.1, 0.15) is 28.3 Å². The summed E-state index contributed by atoms with van der Waals surface area (Å²) in [6.45, 7) is 7.87. The Labute approximate surface area is 174 Å². The van der Waals surface area contributed by atoms with E-state index in [0.717, 1.165) is 11.3 Å². The van der Waals surface area contributed by atoms with Crippen LogP contribution in [0, 0.1) is 17.8 Å². The van der Waals surface area contributed by atoms with Crippen molar-refractivity contribution in [2.75, 3.05) is 13.1 Å². The van der Waals surface area contributed by atoms with Gasteiger partial charge < -0.3 is 14.2 Å². The normalized spacial score (nSPS) is 31.7. The molecule has 160 valence electrons. The molecule has 6 atom stereocenters. The smallest absolute Gasteiger partial charge is 0.416 e. The van der Waals surface area contributed by atoms with Crippen molar-refractivity contribution in [1.82, 2.24) is 4.90 Å². The summed E-state index contributed by atoms with van der Waals surface area (Å²) >= 11 is 0. The van der Waals surface area contributed by atoms with Gasteiger partial charge >= 0.3 is 6.09 Å². The lowest BCUT2D eigenvalue weighted by Crippen LogP contribution is -2.47. The van der Waals surface area contributed by atoms with Crippen LogP contribution >= 0.6 is 0 Å². The molecule has 0 aromatic rings. The van der Waals surface area contributed by atoms with Crippen molar-refractivity contribution in [1.29, 1.82) is 0 Å². The highest BCUT2D eigenvalue weighted by Gasteiger charge is 2.41. The van der Waals surface area contributed by atoms with Gasteiger partial charge in [-0.1, -0.05) is 32.8 Å². The maximum absolute atomic E-state index is 13.0. The van der Waals surface area contributed by atoms with Crippen molar-refractivity contribution >= 4 is 27.7 Å². The summed E-state index contributed by atoms with van der Waals surface area (Å²) in [7, 11) is 3.93. The number of carbonyl (C=O) groups is 2. The number of rotatable bonds is 7. The molecular weight excluding hydrogens is 374 g/mol. The Morgan fingerprint density at radius 3 is 2.41 bits per heavy atom. The van der Waals surface area contributed by atoms with Gasteiger partial charge in [-0.05, 0) is 29.7 Å². The lowest BCUT2D eigenvalue weighted by atomic mass is 9.84. The predicted octanol–water partition coefficient (Wildman–Crippen LogP) is 1.05. The summed E-state index contributed by atoms with van der Waals surface area (Å²) in [6, 6.07) is 0.0452. The predicted molar refractivity (Wildman–Crippen MR) is 113 cm³/mol. The minimum atomic E-state index is -0.734. The summed E-state index contributed by atoms with van der Waals surface area (Å²) < 4.78 is 17.6. The molecule has 0 aliphatic carbocycles. The Balaban J connectivity index is 2.15. The second-order valence-corrected chi connectivity index (χ2v) is 8.84. The second-order valence-electron chi connectivity index (χ2n) is 8.84. The molecule has 2 amide bonds. The Hall–Kier alpha value is -1.70. The zero-order valence-corrected chi connectivity index (χ0v) is 18.3. The molecule has 0 aromatic carbocycles. The highest BCUT2D eigenvalue weighted by atomic mass is 16.6. The standard InChI is InChI=1S/C18H32B2N4O5/c1-9(2)11-5-14(19)27-13(11)8-24(16(25)7-22-23-21)18(26)28-12-6-15(20)29-17(12)10(3)4/h9-15,17H,5-8,19-20H2,1-4H3. The third-order valence-corrected chi connectivity index (χ3v) is 5.73. The van der Waals surface area contributed by atoms with E-state index in [9.17, 15) is 9.59 Å². The van der Waals surface area contributed by atoms with E-state index in [0.29, 0.717) is 12.3 Å². The largest absolute Gasteiger partial charge is 0.443 e. The number of carbonyl (C=O) groups excluding carboxylic acids is 2. The first-order valence-corrected chi connectivity index (χ1v) is 10.5. The van der Waals surface area contributed by atoms with E-state index in [-0.39, 0.29) is 42.6 Å². The maximum Gasteiger partial charge on any atom is 0.416 e. The topological polar surface area (TPSA) is 114 Å². The number of hydrogen-bond donors (Lipinski definition) is 0. The Bertz CT molecular complexity index is 644. The molecule has 2 saturated heterocycles. The van der Waals surface area contributed by atoms with Gasteiger partial charge in [-0.3, -0.25) is 4.79 Å². The van der Waals surface area contributed by atoms with Crippen LogP contribution in [0.1, 0.15) is 40.5 Å². The van der Waals surface area contributed by atoms with Crippen LogP contribution in [0.25, 0.3) is 10.4 Å². The minimum absolute atomic E-state index is 0.0168. The summed E-state index contributed by atoms with van der Waals surface area (Å²) in [5.74, 6) is 0.163. The van der Waals surface area contributed by atoms with Crippen molar-refractivity contribution in [3.63, 3.8) is 0 Å². The van der Waals surface area contributed by atoms with Crippen molar-refractivity contribution in [3.8, 4) is 0 Å². The maximum atomic E-state index is 13.0. The van der Waals surface area contributed by atoms with Crippen molar-refractivity contribution < 1.29 is 23.8 Å². The van der Waals surface area contributed by atoms with Crippen molar-refractivity contribution in [2.24, 2.45) is 22.9 Å². The molecule has 11 heteroatoms. The molecule has 2 heterocycles. The zero-order valence-electron chi connectivity index (χ0n) is 18.3. The molecule has 0 bridgehead atoms. The molecule has 29 heavy (non-hydrogen) atoms. The average Bonchev–Trinajstić information content (AvgIpc) is 3.19. The average molecular weight is 406 g/mol. The number of amides is 2. The fourth-order valence-corrected chi connectivity index (χ4v) is 4.27. The lowest BCUT2D eigenvalue weighted by molar-refractivity contribution is -0.130. The van der Waals surface area contributed by atoms with Crippen molar-refractivity contribution in [3.05, 3.63) is 10.4 Å². The van der Waals surface area contributed by atoms with Crippen LogP contribution in [0.15, 0.2) is 5.11 Å². The van der Waals surface area contributed by atoms with E-state index in [1.807, 2.05) is 29.5 Å². The molecule has 0 radical (unpaired) electrons. The molecule has 2 aliphatic rings. The molecular formula is C18H32B2N4O5. The first-order chi connectivity index (χ1) is 13.6. The van der Waals surface area contributed by atoms with Crippen LogP contribution in [0.2, 0.25) is 0 Å². The molecule has 0 aromatic heterocycles. The molecule has 2 rings (SSSR count). The van der Waals surface area contributed by atoms with Gasteiger partial charge in [-0.25, -0.2) is 9.69 Å². The third kappa shape index (κ3) is 6.14. The lowest BCUT2D eigenvalue weighted by Gasteiger charge is -2.29. The second kappa shape index (κ2) is 10.4. The third-order valence-electron chi connectivity index (χ3n) is 5.73. The number of nitrogens with zero attached hydrogens (tertiary/aromatic N) is 4. The van der Waals surface area contributed by atoms with Gasteiger partial charge in [0.15, 0.2) is 0 Å². The first-order valence-electron chi connectivity index (χ1n) is 10.5. The SMILES string of the molecule is BC1CC(C(C)C)C(CN(C(=O)CN=[N+]=[N-])C(=O)OC2CC(B)OC2C(C)C)O1. The van der Waals surface area contributed by atoms with E-state index in [1.165, 1.54) is 0 Å². The van der Waals surface area contributed by atoms with E-state index in [1.54, 1.807) is 0 Å². The monoisotopic (exact) mass is 406 g/mol. The summed E-state index contributed by atoms with van der Waals surface area (Å²) in [5.41, 5.74) is 8.55. The fraction of sp³-hybridized carbons (Fsp3) is 0.889. The van der Waals surface area contributed by atoms with E-state index in [4.69, 9.17) is 19.7 Å². The van der Waals surface area contributed by atoms with Gasteiger partial charge in [-0.15, -0.1) is 0 Å². The summed E-state index contributed by atoms with van der Waals surface area (Å²) in [6.07, 6.45) is -0.183. The molecule has 9 nitrogen and oxygen atoms in total. The number of azide groups is 1. The molecule has 2 fully saturated rings. The molecule has 6 unspecified atom stereocenters. The van der Waals surface area contributed by atoms with Gasteiger partial charge in [0.05, 0.1) is 18.8 Å². The quantitative estimate of drug-likeness (QED) is 0.272. The minimum Gasteiger partial charge on any atom is -0.443 e. The fourth-order valence-electron chi connectivity index (χ4n) is 4.27. The van der Waals surface area contributed by atoms with Crippen LogP contribution < -0.4 is 0 Å². The molecule has 0 saturated carbocycles. The first kappa shape index (κ1) is 23.6. The van der Waals surface area contributed by atoms with Crippen LogP contribution in [0.5, 0.6) is 0 Å². The van der Waals surface area contributed by atoms with Gasteiger partial charge in [0.25, 0.3) is 0 Å². The van der Waals surface area contributed by atoms with Crippen LogP contribution in [-0.2, 0) is 19.0 Å². The van der Waals surface area contributed by atoms with E-state index < -0.39 is 24.6 Å². The summed E-state index contributed by atoms with van der Waals surface area (Å²) in [4.78, 5) is 29.2. The zero-order chi connectivity index (χ0) is 21.7. The van der Waals surface area contributed by atoms with Crippen LogP contribution in [0.3, 0.4) is 0 Å². The summed E-state index contributed by atoms with van der Waals surface area (Å²) in [5, 5.41) is 3.32. The molecule has 0 spiro atoms. The Morgan fingerprint density at radius 2 is 1.83 bits per heavy atom. The van der Waals surface area contributed by atoms with Crippen molar-refractivity contribution in [2.45, 2.75) is 70.9 Å². The number of ether oxygens (including phenoxy) is 3. The number of hydrogen-bond acceptors (Lipinski definition) is 6. The Kier molecular flexibility index (Phi) is 8.43. The molecule has 0 N–H and O–H groups in total. The highest BCUT2D eigenvalue weighted by Crippen LogP contribution is 2.32. The molecule has 2 aliphatic heterocycles. The highest BCUT2D eigenvalue weighted by molar-refractivity contribution is 6.11. The van der Waals surface area contributed by atoms with E-state index in [2.05, 4.69) is 23.9 Å².